The number of nitrogens with one attached hydrogen (secondary N) is 1. The number of amides is 1. The first-order chi connectivity index (χ1) is 19.4. The van der Waals surface area contributed by atoms with Gasteiger partial charge in [0.1, 0.15) is 32.1 Å². The van der Waals surface area contributed by atoms with Crippen LogP contribution in [0.15, 0.2) is 0 Å². The van der Waals surface area contributed by atoms with Gasteiger partial charge in [-0.2, -0.15) is 0 Å². The van der Waals surface area contributed by atoms with Gasteiger partial charge in [-0.15, -0.1) is 6.61 Å². The Morgan fingerprint density at radius 3 is 1.93 bits per heavy atom. The molecule has 1 aliphatic rings. The van der Waals surface area contributed by atoms with Crippen molar-refractivity contribution in [3.8, 4) is 0 Å². The van der Waals surface area contributed by atoms with Crippen LogP contribution < -0.4 is 5.32 Å². The van der Waals surface area contributed by atoms with Gasteiger partial charge < -0.3 is 33.8 Å². The molecule has 0 aromatic rings. The molecule has 4 atom stereocenters. The molecule has 4 unspecified atom stereocenters. The Kier molecular flexibility index (Phi) is 24.0. The van der Waals surface area contributed by atoms with E-state index in [0.717, 1.165) is 19.4 Å². The molecule has 0 aromatic carbocycles. The van der Waals surface area contributed by atoms with Crippen LogP contribution in [0.1, 0.15) is 122 Å². The van der Waals surface area contributed by atoms with Gasteiger partial charge in [0.05, 0.1) is 12.2 Å². The first kappa shape index (κ1) is 46.8. The van der Waals surface area contributed by atoms with E-state index in [0.29, 0.717) is 26.0 Å². The number of ether oxygens (including phenoxy) is 5. The maximum Gasteiger partial charge on any atom is 0.278 e. The Morgan fingerprint density at radius 2 is 1.44 bits per heavy atom. The first-order valence-electron chi connectivity index (χ1n) is 15.8. The molecule has 1 rings (SSSR count). The largest absolute Gasteiger partial charge is 0.609 e. The number of hydrogen-bond acceptors (Lipinski definition) is 7. The summed E-state index contributed by atoms with van der Waals surface area (Å²) in [5.41, 5.74) is -0.651. The Morgan fingerprint density at radius 1 is 0.884 bits per heavy atom. The number of hydrogen-bond donors (Lipinski definition) is 1. The molecule has 2 radical (unpaired) electrons. The van der Waals surface area contributed by atoms with E-state index in [1.165, 1.54) is 0 Å². The zero-order chi connectivity index (χ0) is 33.4. The summed E-state index contributed by atoms with van der Waals surface area (Å²) in [4.78, 5) is 24.6. The van der Waals surface area contributed by atoms with Gasteiger partial charge in [-0.25, -0.2) is 0 Å². The van der Waals surface area contributed by atoms with Crippen LogP contribution in [0.4, 0.5) is 0 Å². The van der Waals surface area contributed by atoms with E-state index in [2.05, 4.69) is 39.9 Å². The second-order valence-electron chi connectivity index (χ2n) is 13.7. The molecular weight excluding hydrogens is 717 g/mol. The fraction of sp³-hybridized carbons (Fsp3) is 0.909. The molecule has 254 valence electrons. The molecule has 1 heterocycles. The average molecular weight is 783 g/mol. The van der Waals surface area contributed by atoms with Crippen LogP contribution in [0.25, 0.3) is 0 Å². The molecule has 1 N–H and O–H groups in total. The van der Waals surface area contributed by atoms with E-state index in [4.69, 9.17) is 31.5 Å². The Bertz CT molecular complexity index is 762. The van der Waals surface area contributed by atoms with Gasteiger partial charge in [-0.3, -0.25) is 4.79 Å². The fourth-order valence-electron chi connectivity index (χ4n) is 5.59. The first-order valence-corrected chi connectivity index (χ1v) is 15.8. The fourth-order valence-corrected chi connectivity index (χ4v) is 5.59. The molecule has 0 aromatic heterocycles. The molecule has 1 fully saturated rings. The smallest absolute Gasteiger partial charge is 0.278 e. The number of methoxy groups -OCH3 is 2. The third-order valence-electron chi connectivity index (χ3n) is 7.27. The summed E-state index contributed by atoms with van der Waals surface area (Å²) in [6, 6.07) is -0.629. The number of rotatable bonds is 17. The van der Waals surface area contributed by atoms with Gasteiger partial charge in [0.15, 0.2) is 0 Å². The van der Waals surface area contributed by atoms with Gasteiger partial charge in [0, 0.05) is 54.3 Å². The van der Waals surface area contributed by atoms with Gasteiger partial charge >= 0.3 is 0 Å². The SMILES string of the molecule is CC.CC.[B]C1OC(COC)C(OC)C1OC(C)(C)CC(C)(C)CNC(=O)[CH-]OC(=O)CCC(C)(C)CC(C)(C)CC.[W]. The summed E-state index contributed by atoms with van der Waals surface area (Å²) in [6.45, 7) is 28.8. The predicted molar refractivity (Wildman–Crippen MR) is 172 cm³/mol. The van der Waals surface area contributed by atoms with Crippen LogP contribution in [-0.2, 0) is 54.3 Å². The predicted octanol–water partition coefficient (Wildman–Crippen LogP) is 6.63. The van der Waals surface area contributed by atoms with E-state index in [-0.39, 0.29) is 55.9 Å². The van der Waals surface area contributed by atoms with Crippen molar-refractivity contribution in [1.82, 2.24) is 5.32 Å². The summed E-state index contributed by atoms with van der Waals surface area (Å²) >= 11 is 0. The quantitative estimate of drug-likeness (QED) is 0.101. The van der Waals surface area contributed by atoms with Crippen molar-refractivity contribution >= 4 is 19.7 Å². The van der Waals surface area contributed by atoms with Crippen LogP contribution in [0.2, 0.25) is 0 Å². The third kappa shape index (κ3) is 19.5. The van der Waals surface area contributed by atoms with Gasteiger partial charge in [0.25, 0.3) is 5.97 Å². The van der Waals surface area contributed by atoms with Crippen LogP contribution in [0, 0.1) is 22.9 Å². The molecule has 0 aliphatic carbocycles. The molecule has 43 heavy (non-hydrogen) atoms. The van der Waals surface area contributed by atoms with E-state index in [1.807, 2.05) is 55.4 Å². The molecular formula is C33H65BNO7W-. The monoisotopic (exact) mass is 782 g/mol. The number of carbonyl (C=O) groups excluding carboxylic acids is 2. The molecule has 8 nitrogen and oxygen atoms in total. The summed E-state index contributed by atoms with van der Waals surface area (Å²) < 4.78 is 28.1. The summed E-state index contributed by atoms with van der Waals surface area (Å²) in [6.07, 6.45) is 2.60. The maximum absolute atomic E-state index is 12.4. The maximum atomic E-state index is 12.4. The average Bonchev–Trinajstić information content (AvgIpc) is 3.19. The van der Waals surface area contributed by atoms with Gasteiger partial charge in [-0.1, -0.05) is 82.6 Å². The number of esters is 1. The van der Waals surface area contributed by atoms with Gasteiger partial charge in [0.2, 0.25) is 0 Å². The second kappa shape index (κ2) is 22.0. The summed E-state index contributed by atoms with van der Waals surface area (Å²) in [5.74, 6) is -0.837. The van der Waals surface area contributed by atoms with Crippen molar-refractivity contribution in [2.24, 2.45) is 16.2 Å². The van der Waals surface area contributed by atoms with E-state index < -0.39 is 29.6 Å². The Balaban J connectivity index is -0.00000306. The van der Waals surface area contributed by atoms with Crippen molar-refractivity contribution in [2.45, 2.75) is 152 Å². The second-order valence-corrected chi connectivity index (χ2v) is 13.7. The minimum Gasteiger partial charge on any atom is -0.609 e. The third-order valence-corrected chi connectivity index (χ3v) is 7.27. The molecule has 1 amide bonds. The van der Waals surface area contributed by atoms with E-state index in [9.17, 15) is 9.59 Å². The standard InChI is InChI=1S/C29H53BNO7.2C2H6.W/c1-12-26(2,3)17-27(4,5)14-13-22(33)36-16-21(32)31-19-28(6,7)18-29(8,9)38-24-23(35-11)20(15-34-10)37-25(24)30;2*1-2;/h16,20,23-25H,12-15,17-19H2,1-11H3,(H,31,32);2*1-2H3;/q-1;;;. The zero-order valence-electron chi connectivity index (χ0n) is 30.2. The van der Waals surface area contributed by atoms with Crippen LogP contribution in [0.3, 0.4) is 0 Å². The van der Waals surface area contributed by atoms with Crippen molar-refractivity contribution in [2.75, 3.05) is 27.4 Å². The normalized spacial score (nSPS) is 20.4. The molecule has 0 spiro atoms. The Labute approximate surface area is 280 Å². The molecule has 0 saturated carbocycles. The molecule has 0 bridgehead atoms. The minimum atomic E-state index is -0.629. The van der Waals surface area contributed by atoms with Crippen LogP contribution in [-0.4, -0.2) is 77.0 Å². The minimum absolute atomic E-state index is 0. The zero-order valence-corrected chi connectivity index (χ0v) is 33.1. The summed E-state index contributed by atoms with van der Waals surface area (Å²) in [7, 11) is 9.39. The van der Waals surface area contributed by atoms with Crippen LogP contribution >= 0.6 is 0 Å². The van der Waals surface area contributed by atoms with Crippen molar-refractivity contribution in [1.29, 1.82) is 0 Å². The van der Waals surface area contributed by atoms with Crippen LogP contribution in [0.5, 0.6) is 0 Å². The van der Waals surface area contributed by atoms with Crippen molar-refractivity contribution in [3.05, 3.63) is 6.61 Å². The summed E-state index contributed by atoms with van der Waals surface area (Å²) in [5, 5.41) is 2.84. The van der Waals surface area contributed by atoms with Gasteiger partial charge in [-0.05, 0) is 49.4 Å². The van der Waals surface area contributed by atoms with Crippen molar-refractivity contribution < 1.29 is 54.3 Å². The molecule has 1 saturated heterocycles. The topological polar surface area (TPSA) is 92.3 Å². The number of carbonyl (C=O) groups is 2. The Hall–Kier alpha value is -0.597. The van der Waals surface area contributed by atoms with Crippen molar-refractivity contribution in [3.63, 3.8) is 0 Å². The van der Waals surface area contributed by atoms with E-state index >= 15 is 0 Å². The molecule has 1 aliphatic heterocycles. The molecule has 10 heteroatoms. The van der Waals surface area contributed by atoms with E-state index in [1.54, 1.807) is 14.2 Å².